The largest absolute Gasteiger partial charge is 0.379 e. The molecule has 1 heterocycles. The van der Waals surface area contributed by atoms with E-state index in [1.807, 2.05) is 14.0 Å². The molecular formula is C20H35N3O4. The Morgan fingerprint density at radius 1 is 1.37 bits per heavy atom. The monoisotopic (exact) mass is 381 g/mol. The van der Waals surface area contributed by atoms with Crippen LogP contribution in [0.15, 0.2) is 0 Å². The van der Waals surface area contributed by atoms with Crippen LogP contribution in [0.2, 0.25) is 0 Å². The quantitative estimate of drug-likeness (QED) is 0.573. The van der Waals surface area contributed by atoms with E-state index in [9.17, 15) is 14.4 Å². The molecule has 2 amide bonds. The lowest BCUT2D eigenvalue weighted by Gasteiger charge is -2.37. The molecule has 2 fully saturated rings. The molecule has 1 aliphatic carbocycles. The van der Waals surface area contributed by atoms with Crippen LogP contribution in [0.3, 0.4) is 0 Å². The van der Waals surface area contributed by atoms with Crippen molar-refractivity contribution < 1.29 is 19.1 Å². The number of fused-ring (bicyclic) bond motifs is 2. The summed E-state index contributed by atoms with van der Waals surface area (Å²) in [5.74, 6) is 0.373. The summed E-state index contributed by atoms with van der Waals surface area (Å²) >= 11 is 0. The number of amides is 2. The van der Waals surface area contributed by atoms with E-state index >= 15 is 0 Å². The number of aldehydes is 1. The van der Waals surface area contributed by atoms with Gasteiger partial charge in [-0.05, 0) is 38.1 Å². The standard InChI is InChI=1S/C20H35N3O4/c1-6-13(2)18(16(27-5)9-10-24)23(4)17(25)12-21-20(26)19-14-7-8-15(11-14)22(19)3/h10,13-16,18-19H,6-9,11-12H2,1-5H3,(H,21,26). The summed E-state index contributed by atoms with van der Waals surface area (Å²) < 4.78 is 5.48. The molecular weight excluding hydrogens is 346 g/mol. The number of ether oxygens (including phenoxy) is 1. The number of carbonyl (C=O) groups is 3. The number of hydrogen-bond donors (Lipinski definition) is 1. The van der Waals surface area contributed by atoms with Crippen LogP contribution in [0.25, 0.3) is 0 Å². The van der Waals surface area contributed by atoms with Gasteiger partial charge in [-0.2, -0.15) is 0 Å². The Labute approximate surface area is 162 Å². The van der Waals surface area contributed by atoms with Crippen LogP contribution in [0, 0.1) is 11.8 Å². The molecule has 7 nitrogen and oxygen atoms in total. The van der Waals surface area contributed by atoms with Crippen LogP contribution in [0.5, 0.6) is 0 Å². The topological polar surface area (TPSA) is 79.0 Å². The molecule has 27 heavy (non-hydrogen) atoms. The average Bonchev–Trinajstić information content (AvgIpc) is 3.26. The molecule has 2 bridgehead atoms. The van der Waals surface area contributed by atoms with Gasteiger partial charge in [-0.1, -0.05) is 20.3 Å². The molecule has 0 aromatic carbocycles. The van der Waals surface area contributed by atoms with E-state index in [0.29, 0.717) is 12.0 Å². The average molecular weight is 382 g/mol. The van der Waals surface area contributed by atoms with Gasteiger partial charge in [0.05, 0.1) is 24.7 Å². The smallest absolute Gasteiger partial charge is 0.242 e. The fourth-order valence-electron chi connectivity index (χ4n) is 4.87. The summed E-state index contributed by atoms with van der Waals surface area (Å²) in [6.45, 7) is 4.08. The normalized spacial score (nSPS) is 27.8. The van der Waals surface area contributed by atoms with Gasteiger partial charge < -0.3 is 19.7 Å². The maximum atomic E-state index is 12.7. The predicted octanol–water partition coefficient (Wildman–Crippen LogP) is 1.06. The first-order chi connectivity index (χ1) is 12.8. The van der Waals surface area contributed by atoms with Crippen molar-refractivity contribution in [2.45, 2.75) is 70.2 Å². The van der Waals surface area contributed by atoms with E-state index in [-0.39, 0.29) is 48.9 Å². The molecule has 2 rings (SSSR count). The van der Waals surface area contributed by atoms with E-state index in [2.05, 4.69) is 17.1 Å². The molecule has 6 unspecified atom stereocenters. The van der Waals surface area contributed by atoms with Gasteiger partial charge >= 0.3 is 0 Å². The first kappa shape index (κ1) is 21.8. The summed E-state index contributed by atoms with van der Waals surface area (Å²) in [6.07, 6.45) is 4.93. The molecule has 0 aromatic rings. The van der Waals surface area contributed by atoms with Gasteiger partial charge in [0.15, 0.2) is 0 Å². The number of nitrogens with one attached hydrogen (secondary N) is 1. The summed E-state index contributed by atoms with van der Waals surface area (Å²) in [6, 6.07) is 0.179. The zero-order chi connectivity index (χ0) is 20.1. The van der Waals surface area contributed by atoms with Crippen molar-refractivity contribution in [3.63, 3.8) is 0 Å². The summed E-state index contributed by atoms with van der Waals surface area (Å²) in [7, 11) is 5.30. The van der Waals surface area contributed by atoms with E-state index in [1.54, 1.807) is 19.1 Å². The van der Waals surface area contributed by atoms with Crippen LogP contribution in [0.1, 0.15) is 46.0 Å². The number of likely N-dealkylation sites (N-methyl/N-ethyl adjacent to an activating group) is 2. The minimum Gasteiger partial charge on any atom is -0.379 e. The summed E-state index contributed by atoms with van der Waals surface area (Å²) in [4.78, 5) is 40.2. The molecule has 1 aliphatic heterocycles. The highest BCUT2D eigenvalue weighted by Crippen LogP contribution is 2.41. The minimum atomic E-state index is -0.348. The Morgan fingerprint density at radius 3 is 2.59 bits per heavy atom. The molecule has 0 aromatic heterocycles. The minimum absolute atomic E-state index is 0.0263. The van der Waals surface area contributed by atoms with Crippen molar-refractivity contribution in [2.24, 2.45) is 11.8 Å². The third-order valence-corrected chi connectivity index (χ3v) is 6.67. The molecule has 7 heteroatoms. The Hall–Kier alpha value is -1.47. The number of piperidine rings is 1. The number of methoxy groups -OCH3 is 1. The van der Waals surface area contributed by atoms with Crippen molar-refractivity contribution in [2.75, 3.05) is 27.7 Å². The maximum Gasteiger partial charge on any atom is 0.242 e. The highest BCUT2D eigenvalue weighted by atomic mass is 16.5. The molecule has 2 aliphatic rings. The molecule has 1 saturated heterocycles. The van der Waals surface area contributed by atoms with Gasteiger partial charge in [0.2, 0.25) is 11.8 Å². The van der Waals surface area contributed by atoms with Crippen LogP contribution < -0.4 is 5.32 Å². The fourth-order valence-corrected chi connectivity index (χ4v) is 4.87. The highest BCUT2D eigenvalue weighted by molar-refractivity contribution is 5.88. The molecule has 154 valence electrons. The fraction of sp³-hybridized carbons (Fsp3) is 0.850. The second-order valence-electron chi connectivity index (χ2n) is 8.11. The molecule has 1 saturated carbocycles. The van der Waals surface area contributed by atoms with Gasteiger partial charge in [0.25, 0.3) is 0 Å². The van der Waals surface area contributed by atoms with E-state index in [4.69, 9.17) is 4.74 Å². The Bertz CT molecular complexity index is 539. The zero-order valence-corrected chi connectivity index (χ0v) is 17.3. The highest BCUT2D eigenvalue weighted by Gasteiger charge is 2.47. The van der Waals surface area contributed by atoms with Crippen molar-refractivity contribution in [1.29, 1.82) is 0 Å². The lowest BCUT2D eigenvalue weighted by atomic mass is 9.91. The van der Waals surface area contributed by atoms with Crippen molar-refractivity contribution >= 4 is 18.1 Å². The number of rotatable bonds is 10. The zero-order valence-electron chi connectivity index (χ0n) is 17.3. The number of hydrogen-bond acceptors (Lipinski definition) is 5. The van der Waals surface area contributed by atoms with Gasteiger partial charge in [0, 0.05) is 26.6 Å². The van der Waals surface area contributed by atoms with Crippen LogP contribution in [0.4, 0.5) is 0 Å². The SMILES string of the molecule is CCC(C)C(C(CC=O)OC)N(C)C(=O)CNC(=O)C1C2CCC(C2)N1C. The van der Waals surface area contributed by atoms with Gasteiger partial charge in [-0.15, -0.1) is 0 Å². The summed E-state index contributed by atoms with van der Waals surface area (Å²) in [5.41, 5.74) is 0. The van der Waals surface area contributed by atoms with E-state index < -0.39 is 0 Å². The van der Waals surface area contributed by atoms with Crippen LogP contribution in [-0.2, 0) is 19.1 Å². The molecule has 0 spiro atoms. The Kier molecular flexibility index (Phi) is 7.79. The van der Waals surface area contributed by atoms with Gasteiger partial charge in [0.1, 0.15) is 6.29 Å². The number of likely N-dealkylation sites (tertiary alicyclic amines) is 1. The lowest BCUT2D eigenvalue weighted by Crippen LogP contribution is -2.54. The van der Waals surface area contributed by atoms with Gasteiger partial charge in [-0.25, -0.2) is 0 Å². The first-order valence-corrected chi connectivity index (χ1v) is 10.1. The van der Waals surface area contributed by atoms with Crippen LogP contribution >= 0.6 is 0 Å². The number of nitrogens with zero attached hydrogens (tertiary/aromatic N) is 2. The molecule has 6 atom stereocenters. The van der Waals surface area contributed by atoms with Crippen molar-refractivity contribution in [1.82, 2.24) is 15.1 Å². The molecule has 1 N–H and O–H groups in total. The first-order valence-electron chi connectivity index (χ1n) is 10.1. The second-order valence-corrected chi connectivity index (χ2v) is 8.11. The third kappa shape index (κ3) is 4.69. The van der Waals surface area contributed by atoms with Gasteiger partial charge in [-0.3, -0.25) is 14.5 Å². The van der Waals surface area contributed by atoms with E-state index in [0.717, 1.165) is 25.5 Å². The number of carbonyl (C=O) groups excluding carboxylic acids is 3. The summed E-state index contributed by atoms with van der Waals surface area (Å²) in [5, 5.41) is 2.84. The van der Waals surface area contributed by atoms with Crippen molar-refractivity contribution in [3.8, 4) is 0 Å². The van der Waals surface area contributed by atoms with E-state index in [1.165, 1.54) is 6.42 Å². The second kappa shape index (κ2) is 9.64. The lowest BCUT2D eigenvalue weighted by molar-refractivity contribution is -0.139. The van der Waals surface area contributed by atoms with Crippen molar-refractivity contribution in [3.05, 3.63) is 0 Å². The third-order valence-electron chi connectivity index (χ3n) is 6.67. The maximum absolute atomic E-state index is 12.7. The van der Waals surface area contributed by atoms with Crippen LogP contribution in [-0.4, -0.2) is 79.9 Å². The Morgan fingerprint density at radius 2 is 2.07 bits per heavy atom. The molecule has 0 radical (unpaired) electrons. The Balaban J connectivity index is 1.96. The predicted molar refractivity (Wildman–Crippen MR) is 103 cm³/mol.